The summed E-state index contributed by atoms with van der Waals surface area (Å²) in [6, 6.07) is 9.95. The predicted molar refractivity (Wildman–Crippen MR) is 59.2 cm³/mol. The normalized spacial score (nSPS) is 16.1. The molecule has 2 rings (SSSR count). The molecule has 0 spiro atoms. The molecule has 1 heterocycles. The molecular formula is C13H14O2. The van der Waals surface area contributed by atoms with Crippen molar-refractivity contribution in [3.8, 4) is 0 Å². The topological polar surface area (TPSA) is 26.3 Å². The monoisotopic (exact) mass is 202 g/mol. The number of ether oxygens (including phenoxy) is 1. The van der Waals surface area contributed by atoms with E-state index in [1.54, 1.807) is 0 Å². The lowest BCUT2D eigenvalue weighted by molar-refractivity contribution is -0.136. The van der Waals surface area contributed by atoms with Crippen LogP contribution in [0.1, 0.15) is 19.4 Å². The van der Waals surface area contributed by atoms with Crippen LogP contribution in [0.4, 0.5) is 0 Å². The number of rotatable bonds is 2. The van der Waals surface area contributed by atoms with Gasteiger partial charge in [-0.3, -0.25) is 0 Å². The highest BCUT2D eigenvalue weighted by Crippen LogP contribution is 2.30. The molecule has 1 aliphatic heterocycles. The second-order valence-corrected chi connectivity index (χ2v) is 3.99. The Hall–Kier alpha value is -1.57. The highest BCUT2D eigenvalue weighted by molar-refractivity contribution is 6.02. The van der Waals surface area contributed by atoms with Gasteiger partial charge in [-0.25, -0.2) is 4.79 Å². The molecule has 78 valence electrons. The second kappa shape index (κ2) is 3.89. The fourth-order valence-corrected chi connectivity index (χ4v) is 1.88. The van der Waals surface area contributed by atoms with Gasteiger partial charge in [0.2, 0.25) is 0 Å². The van der Waals surface area contributed by atoms with E-state index >= 15 is 0 Å². The molecule has 0 unspecified atom stereocenters. The molecule has 1 aromatic carbocycles. The van der Waals surface area contributed by atoms with Crippen LogP contribution in [0.3, 0.4) is 0 Å². The number of carbonyl (C=O) groups excluding carboxylic acids is 1. The van der Waals surface area contributed by atoms with Crippen molar-refractivity contribution in [3.05, 3.63) is 41.5 Å². The van der Waals surface area contributed by atoms with Crippen molar-refractivity contribution in [3.63, 3.8) is 0 Å². The van der Waals surface area contributed by atoms with Crippen molar-refractivity contribution in [1.82, 2.24) is 0 Å². The summed E-state index contributed by atoms with van der Waals surface area (Å²) in [7, 11) is 0. The first kappa shape index (κ1) is 9.97. The molecule has 2 heteroatoms. The summed E-state index contributed by atoms with van der Waals surface area (Å²) in [5, 5.41) is 0. The number of cyclic esters (lactones) is 1. The Morgan fingerprint density at radius 2 is 1.87 bits per heavy atom. The first-order valence-corrected chi connectivity index (χ1v) is 5.15. The Kier molecular flexibility index (Phi) is 2.58. The van der Waals surface area contributed by atoms with Gasteiger partial charge in [-0.05, 0) is 11.5 Å². The van der Waals surface area contributed by atoms with Crippen LogP contribution in [0.2, 0.25) is 0 Å². The van der Waals surface area contributed by atoms with Crippen molar-refractivity contribution < 1.29 is 9.53 Å². The summed E-state index contributed by atoms with van der Waals surface area (Å²) in [4.78, 5) is 11.5. The molecule has 0 fully saturated rings. The van der Waals surface area contributed by atoms with Crippen molar-refractivity contribution in [1.29, 1.82) is 0 Å². The van der Waals surface area contributed by atoms with Gasteiger partial charge in [0.25, 0.3) is 0 Å². The van der Waals surface area contributed by atoms with E-state index in [-0.39, 0.29) is 11.9 Å². The molecular weight excluding hydrogens is 188 g/mol. The molecule has 0 saturated heterocycles. The predicted octanol–water partition coefficient (Wildman–Crippen LogP) is 2.65. The van der Waals surface area contributed by atoms with E-state index in [4.69, 9.17) is 4.74 Å². The van der Waals surface area contributed by atoms with Crippen LogP contribution in [0.15, 0.2) is 35.9 Å². The van der Waals surface area contributed by atoms with E-state index in [9.17, 15) is 4.79 Å². The zero-order chi connectivity index (χ0) is 10.8. The standard InChI is InChI=1S/C13H14O2/c1-9(2)12-11(8-15-13(12)14)10-6-4-3-5-7-10/h3-7,9H,8H2,1-2H3. The molecule has 0 bridgehead atoms. The molecule has 0 saturated carbocycles. The third-order valence-electron chi connectivity index (χ3n) is 2.59. The molecule has 0 N–H and O–H groups in total. The van der Waals surface area contributed by atoms with Crippen LogP contribution in [-0.4, -0.2) is 12.6 Å². The summed E-state index contributed by atoms with van der Waals surface area (Å²) >= 11 is 0. The highest BCUT2D eigenvalue weighted by Gasteiger charge is 2.27. The van der Waals surface area contributed by atoms with Gasteiger partial charge in [0.1, 0.15) is 6.61 Å². The molecule has 1 aromatic rings. The maximum absolute atomic E-state index is 11.5. The lowest BCUT2D eigenvalue weighted by Gasteiger charge is -2.06. The summed E-state index contributed by atoms with van der Waals surface area (Å²) in [6.45, 7) is 4.45. The van der Waals surface area contributed by atoms with Crippen molar-refractivity contribution in [2.75, 3.05) is 6.61 Å². The minimum Gasteiger partial charge on any atom is -0.457 e. The Balaban J connectivity index is 2.47. The third kappa shape index (κ3) is 1.80. The van der Waals surface area contributed by atoms with E-state index in [2.05, 4.69) is 0 Å². The molecule has 0 radical (unpaired) electrons. The Morgan fingerprint density at radius 3 is 2.47 bits per heavy atom. The second-order valence-electron chi connectivity index (χ2n) is 3.99. The first-order chi connectivity index (χ1) is 7.20. The van der Waals surface area contributed by atoms with Crippen LogP contribution in [0.25, 0.3) is 5.57 Å². The maximum Gasteiger partial charge on any atom is 0.335 e. The summed E-state index contributed by atoms with van der Waals surface area (Å²) < 4.78 is 5.08. The van der Waals surface area contributed by atoms with Gasteiger partial charge in [-0.15, -0.1) is 0 Å². The summed E-state index contributed by atoms with van der Waals surface area (Å²) in [5.41, 5.74) is 2.95. The van der Waals surface area contributed by atoms with Gasteiger partial charge >= 0.3 is 5.97 Å². The van der Waals surface area contributed by atoms with E-state index in [1.165, 1.54) is 0 Å². The minimum absolute atomic E-state index is 0.163. The Bertz CT molecular complexity index is 402. The van der Waals surface area contributed by atoms with Gasteiger partial charge in [-0.2, -0.15) is 0 Å². The van der Waals surface area contributed by atoms with Crippen LogP contribution in [0, 0.1) is 5.92 Å². The van der Waals surface area contributed by atoms with E-state index in [0.29, 0.717) is 6.61 Å². The van der Waals surface area contributed by atoms with Crippen molar-refractivity contribution in [2.24, 2.45) is 5.92 Å². The SMILES string of the molecule is CC(C)C1=C(c2ccccc2)COC1=O. The number of esters is 1. The van der Waals surface area contributed by atoms with E-state index < -0.39 is 0 Å². The zero-order valence-corrected chi connectivity index (χ0v) is 8.99. The third-order valence-corrected chi connectivity index (χ3v) is 2.59. The minimum atomic E-state index is -0.163. The van der Waals surface area contributed by atoms with Gasteiger partial charge < -0.3 is 4.74 Å². The number of hydrogen-bond acceptors (Lipinski definition) is 2. The molecule has 2 nitrogen and oxygen atoms in total. The van der Waals surface area contributed by atoms with Gasteiger partial charge in [0.15, 0.2) is 0 Å². The zero-order valence-electron chi connectivity index (χ0n) is 8.99. The van der Waals surface area contributed by atoms with Crippen LogP contribution >= 0.6 is 0 Å². The van der Waals surface area contributed by atoms with Crippen LogP contribution < -0.4 is 0 Å². The number of carbonyl (C=O) groups is 1. The molecule has 15 heavy (non-hydrogen) atoms. The van der Waals surface area contributed by atoms with E-state index in [1.807, 2.05) is 44.2 Å². The van der Waals surface area contributed by atoms with Crippen LogP contribution in [-0.2, 0) is 9.53 Å². The average molecular weight is 202 g/mol. The largest absolute Gasteiger partial charge is 0.457 e. The molecule has 1 aliphatic rings. The Morgan fingerprint density at radius 1 is 1.20 bits per heavy atom. The molecule has 0 aliphatic carbocycles. The van der Waals surface area contributed by atoms with Gasteiger partial charge in [0, 0.05) is 11.1 Å². The fraction of sp³-hybridized carbons (Fsp3) is 0.308. The lowest BCUT2D eigenvalue weighted by atomic mass is 9.95. The quantitative estimate of drug-likeness (QED) is 0.689. The van der Waals surface area contributed by atoms with E-state index in [0.717, 1.165) is 16.7 Å². The average Bonchev–Trinajstić information content (AvgIpc) is 2.61. The van der Waals surface area contributed by atoms with Crippen molar-refractivity contribution >= 4 is 11.5 Å². The summed E-state index contributed by atoms with van der Waals surface area (Å²) in [5.74, 6) is 0.0547. The highest BCUT2D eigenvalue weighted by atomic mass is 16.5. The fourth-order valence-electron chi connectivity index (χ4n) is 1.88. The number of benzene rings is 1. The molecule has 0 amide bonds. The van der Waals surface area contributed by atoms with Gasteiger partial charge in [0.05, 0.1) is 0 Å². The maximum atomic E-state index is 11.5. The Labute approximate surface area is 89.6 Å². The smallest absolute Gasteiger partial charge is 0.335 e. The van der Waals surface area contributed by atoms with Crippen LogP contribution in [0.5, 0.6) is 0 Å². The molecule has 0 aromatic heterocycles. The van der Waals surface area contributed by atoms with Gasteiger partial charge in [-0.1, -0.05) is 44.2 Å². The lowest BCUT2D eigenvalue weighted by Crippen LogP contribution is -2.05. The number of hydrogen-bond donors (Lipinski definition) is 0. The van der Waals surface area contributed by atoms with Crippen molar-refractivity contribution in [2.45, 2.75) is 13.8 Å². The molecule has 0 atom stereocenters. The first-order valence-electron chi connectivity index (χ1n) is 5.15. The summed E-state index contributed by atoms with van der Waals surface area (Å²) in [6.07, 6.45) is 0.